The average Bonchev–Trinajstić information content (AvgIpc) is 1.55. The number of unbranched alkanes of at least 4 members (excludes halogenated alkanes) is 3. The fourth-order valence-electron chi connectivity index (χ4n) is 13.9. The van der Waals surface area contributed by atoms with Gasteiger partial charge in [-0.05, 0) is 147 Å². The molecule has 13 nitrogen and oxygen atoms in total. The molecule has 0 heterocycles. The fraction of sp³-hybridized carbons (Fsp3) is 0.221. The molecule has 15 heteroatoms. The van der Waals surface area contributed by atoms with Gasteiger partial charge in [-0.1, -0.05) is 311 Å². The summed E-state index contributed by atoms with van der Waals surface area (Å²) in [6.07, 6.45) is 8.64. The van der Waals surface area contributed by atoms with E-state index in [2.05, 4.69) is 61.4 Å². The molecule has 562 valence electrons. The zero-order valence-electron chi connectivity index (χ0n) is 64.2. The van der Waals surface area contributed by atoms with Crippen LogP contribution in [0.25, 0.3) is 11.1 Å². The van der Waals surface area contributed by atoms with Crippen molar-refractivity contribution in [3.8, 4) is 11.1 Å². The number of Topliss-reactive ketones (excluding diaryl/α,β-unsaturated/α-hetero) is 3. The first-order valence-electron chi connectivity index (χ1n) is 37.2. The van der Waals surface area contributed by atoms with E-state index in [0.717, 1.165) is 83.4 Å². The Hall–Kier alpha value is -11.1. The number of oxime groups is 2. The van der Waals surface area contributed by atoms with Crippen LogP contribution in [-0.2, 0) is 39.7 Å². The molecule has 0 unspecified atom stereocenters. The molecular formula is C95H95N2O11PS. The van der Waals surface area contributed by atoms with Crippen molar-refractivity contribution in [3.05, 3.63) is 357 Å². The summed E-state index contributed by atoms with van der Waals surface area (Å²) >= 11 is 1.64. The number of benzene rings is 11. The molecule has 0 aliphatic heterocycles. The number of aryl methyl sites for hydroxylation is 4. The van der Waals surface area contributed by atoms with Gasteiger partial charge in [0.2, 0.25) is 30.0 Å². The van der Waals surface area contributed by atoms with Gasteiger partial charge in [0.05, 0.1) is 5.56 Å². The predicted octanol–water partition coefficient (Wildman–Crippen LogP) is 22.0. The molecule has 0 spiro atoms. The highest BCUT2D eigenvalue weighted by atomic mass is 32.2. The summed E-state index contributed by atoms with van der Waals surface area (Å²) in [7, 11) is -0.506. The predicted molar refractivity (Wildman–Crippen MR) is 443 cm³/mol. The Morgan fingerprint density at radius 1 is 0.445 bits per heavy atom. The van der Waals surface area contributed by atoms with E-state index in [4.69, 9.17) is 19.1 Å². The van der Waals surface area contributed by atoms with Crippen molar-refractivity contribution < 1.29 is 52.5 Å². The number of carbonyl (C=O) groups excluding carboxylic acids is 6. The quantitative estimate of drug-likeness (QED) is 0.00862. The highest BCUT2D eigenvalue weighted by Crippen LogP contribution is 2.54. The molecule has 11 aromatic carbocycles. The first-order valence-corrected chi connectivity index (χ1v) is 39.7. The van der Waals surface area contributed by atoms with Crippen molar-refractivity contribution >= 4 is 75.7 Å². The largest absolute Gasteiger partial charge is 0.365 e. The van der Waals surface area contributed by atoms with Gasteiger partial charge in [-0.3, -0.25) is 19.2 Å². The van der Waals surface area contributed by atoms with Gasteiger partial charge in [0.25, 0.3) is 5.79 Å². The van der Waals surface area contributed by atoms with E-state index in [1.54, 1.807) is 84.6 Å². The standard InChI is InChI=1S/C30H31NO3.C27H27NO3S.C22H21O2P.C16H16O3/c1-5-17-30(18-6-2)26-14-10-9-13-24(26)25-16-15-22(19-27(25)30)29(33)28(31-34-21(4)32)23-12-8-7-11-20(23)3;1-2-3-4-11-16-25(28-31-27(30)22-12-7-5-8-13-22)26(29)21-17-19-24(20-18-21)32-23-14-9-6-10-15-23;1-16-14-17(2)21(18(3)15-16)22(23)25(24,19-10-6-4-7-11-19)20-12-8-5-9-13-20;1-18-16(19-2,14-11-7-4-8-12-14)15(17)13-9-5-3-6-10-13/h7-16,19H,5-6,17-18H2,1-4H3;5-10,12-15,17-20H,2-4,11,16H2,1H3;4-15H,1-3H3;3-12H,1-2H3/b31-28+;28-25-;;. The van der Waals surface area contributed by atoms with Gasteiger partial charge in [0.15, 0.2) is 5.71 Å². The Kier molecular flexibility index (Phi) is 30.4. The van der Waals surface area contributed by atoms with Gasteiger partial charge in [0.1, 0.15) is 5.71 Å². The molecule has 0 fully saturated rings. The summed E-state index contributed by atoms with van der Waals surface area (Å²) in [6, 6.07) is 88.6. The Morgan fingerprint density at radius 2 is 0.936 bits per heavy atom. The monoisotopic (exact) mass is 1500 g/mol. The minimum Gasteiger partial charge on any atom is -0.343 e. The molecule has 1 aliphatic carbocycles. The molecule has 0 radical (unpaired) electrons. The number of hydrogen-bond donors (Lipinski definition) is 0. The van der Waals surface area contributed by atoms with E-state index < -0.39 is 24.9 Å². The summed E-state index contributed by atoms with van der Waals surface area (Å²) in [5.74, 6) is -3.21. The molecule has 0 atom stereocenters. The van der Waals surface area contributed by atoms with Crippen molar-refractivity contribution in [1.29, 1.82) is 0 Å². The summed E-state index contributed by atoms with van der Waals surface area (Å²) in [4.78, 5) is 89.1. The third-order valence-electron chi connectivity index (χ3n) is 19.1. The molecule has 12 rings (SSSR count). The third kappa shape index (κ3) is 20.2. The maximum Gasteiger partial charge on any atom is 0.365 e. The van der Waals surface area contributed by atoms with Gasteiger partial charge in [0, 0.05) is 80.3 Å². The van der Waals surface area contributed by atoms with Gasteiger partial charge in [-0.2, -0.15) is 0 Å². The Morgan fingerprint density at radius 3 is 1.48 bits per heavy atom. The van der Waals surface area contributed by atoms with E-state index in [0.29, 0.717) is 56.0 Å². The van der Waals surface area contributed by atoms with Crippen LogP contribution in [0, 0.1) is 27.7 Å². The SMILES string of the molecule is CCCC1(CCC)c2ccccc2-c2ccc(C(=O)/C(=N/OC(C)=O)c3ccccc3C)cc21.CCCCCC/C(=N/OC(=O)c1ccccc1)C(=O)c1ccc(Sc2ccccc2)cc1.COC(OC)(C(=O)c1ccccc1)c1ccccc1.Cc1cc(C)c(C(=O)P(=O)(c2ccccc2)c2ccccc2)c(C)c1. The molecule has 0 N–H and O–H groups in total. The number of rotatable bonds is 28. The highest BCUT2D eigenvalue weighted by molar-refractivity contribution is 7.99. The Bertz CT molecular complexity index is 4980. The van der Waals surface area contributed by atoms with E-state index in [1.807, 2.05) is 210 Å². The minimum absolute atomic E-state index is 0.110. The van der Waals surface area contributed by atoms with Crippen LogP contribution >= 0.6 is 18.9 Å². The van der Waals surface area contributed by atoms with Gasteiger partial charge >= 0.3 is 11.9 Å². The number of fused-ring (bicyclic) bond motifs is 3. The summed E-state index contributed by atoms with van der Waals surface area (Å²) in [5.41, 5.74) is 12.7. The molecule has 0 saturated heterocycles. The number of hydrogen-bond acceptors (Lipinski definition) is 14. The highest BCUT2D eigenvalue weighted by Gasteiger charge is 2.44. The molecule has 0 amide bonds. The van der Waals surface area contributed by atoms with Crippen molar-refractivity contribution in [1.82, 2.24) is 0 Å². The molecule has 0 saturated carbocycles. The maximum atomic E-state index is 14.2. The molecule has 110 heavy (non-hydrogen) atoms. The zero-order chi connectivity index (χ0) is 78.6. The van der Waals surface area contributed by atoms with Crippen molar-refractivity contribution in [2.24, 2.45) is 10.3 Å². The second kappa shape index (κ2) is 40.4. The lowest BCUT2D eigenvalue weighted by atomic mass is 9.71. The minimum atomic E-state index is -3.44. The van der Waals surface area contributed by atoms with E-state index in [1.165, 1.54) is 43.4 Å². The normalized spacial score (nSPS) is 12.1. The van der Waals surface area contributed by atoms with E-state index in [9.17, 15) is 33.3 Å². The first-order chi connectivity index (χ1) is 53.3. The number of carbonyl (C=O) groups is 6. The van der Waals surface area contributed by atoms with Crippen LogP contribution in [-0.4, -0.2) is 60.5 Å². The van der Waals surface area contributed by atoms with Gasteiger partial charge in [-0.15, -0.1) is 0 Å². The van der Waals surface area contributed by atoms with Crippen LogP contribution in [0.2, 0.25) is 0 Å². The summed E-state index contributed by atoms with van der Waals surface area (Å²) in [6.45, 7) is 15.6. The van der Waals surface area contributed by atoms with Crippen LogP contribution in [0.3, 0.4) is 0 Å². The second-order valence-corrected chi connectivity index (χ2v) is 30.7. The smallest absolute Gasteiger partial charge is 0.343 e. The summed E-state index contributed by atoms with van der Waals surface area (Å²) in [5, 5.41) is 9.12. The molecule has 11 aromatic rings. The fourth-order valence-corrected chi connectivity index (χ4v) is 17.4. The molecule has 0 bridgehead atoms. The van der Waals surface area contributed by atoms with Crippen LogP contribution in [0.4, 0.5) is 0 Å². The van der Waals surface area contributed by atoms with Gasteiger partial charge < -0.3 is 23.7 Å². The van der Waals surface area contributed by atoms with Crippen LogP contribution in [0.5, 0.6) is 0 Å². The number of ketones is 3. The lowest BCUT2D eigenvalue weighted by Gasteiger charge is -2.32. The Labute approximate surface area is 651 Å². The van der Waals surface area contributed by atoms with Crippen molar-refractivity contribution in [2.45, 2.75) is 134 Å². The number of ether oxygens (including phenoxy) is 2. The topological polar surface area (TPSA) is 181 Å². The lowest BCUT2D eigenvalue weighted by Crippen LogP contribution is -2.39. The Balaban J connectivity index is 0.000000172. The van der Waals surface area contributed by atoms with Crippen LogP contribution in [0.1, 0.15) is 182 Å². The van der Waals surface area contributed by atoms with Gasteiger partial charge in [-0.25, -0.2) is 9.59 Å². The van der Waals surface area contributed by atoms with Crippen LogP contribution in [0.15, 0.2) is 305 Å². The third-order valence-corrected chi connectivity index (χ3v) is 23.0. The van der Waals surface area contributed by atoms with Crippen molar-refractivity contribution in [2.75, 3.05) is 14.2 Å². The molecule has 1 aliphatic rings. The van der Waals surface area contributed by atoms with Crippen molar-refractivity contribution in [3.63, 3.8) is 0 Å². The van der Waals surface area contributed by atoms with Crippen LogP contribution < -0.4 is 10.6 Å². The number of nitrogens with zero attached hydrogens (tertiary/aromatic N) is 2. The van der Waals surface area contributed by atoms with E-state index in [-0.39, 0.29) is 39.7 Å². The lowest BCUT2D eigenvalue weighted by molar-refractivity contribution is -0.176. The molecule has 0 aromatic heterocycles. The number of methoxy groups -OCH3 is 2. The average molecular weight is 1500 g/mol. The first kappa shape index (κ1) is 82.9. The summed E-state index contributed by atoms with van der Waals surface area (Å²) < 4.78 is 25.0. The second-order valence-electron chi connectivity index (χ2n) is 26.9. The zero-order valence-corrected chi connectivity index (χ0v) is 66.0. The maximum absolute atomic E-state index is 14.2. The molecular weight excluding hydrogens is 1410 g/mol. The van der Waals surface area contributed by atoms with E-state index >= 15 is 0 Å².